The molecule has 2 aromatic rings. The Hall–Kier alpha value is -2.36. The number of aromatic nitrogens is 1. The third-order valence-corrected chi connectivity index (χ3v) is 4.43. The molecule has 1 aliphatic heterocycles. The Morgan fingerprint density at radius 2 is 1.91 bits per heavy atom. The molecule has 120 valence electrons. The molecule has 1 N–H and O–H groups in total. The number of pyridine rings is 1. The minimum absolute atomic E-state index is 0.0179. The maximum absolute atomic E-state index is 12.4. The van der Waals surface area contributed by atoms with E-state index in [1.807, 2.05) is 23.1 Å². The summed E-state index contributed by atoms with van der Waals surface area (Å²) in [6.07, 6.45) is 4.98. The zero-order chi connectivity index (χ0) is 15.9. The van der Waals surface area contributed by atoms with Crippen molar-refractivity contribution in [2.24, 2.45) is 0 Å². The lowest BCUT2D eigenvalue weighted by Gasteiger charge is -2.21. The maximum Gasteiger partial charge on any atom is 0.317 e. The maximum atomic E-state index is 12.4. The Balaban J connectivity index is 1.52. The monoisotopic (exact) mass is 309 g/mol. The van der Waals surface area contributed by atoms with Crippen LogP contribution in [0.2, 0.25) is 0 Å². The third-order valence-electron chi connectivity index (χ3n) is 4.43. The highest BCUT2D eigenvalue weighted by molar-refractivity contribution is 5.74. The van der Waals surface area contributed by atoms with E-state index in [0.717, 1.165) is 38.0 Å². The highest BCUT2D eigenvalue weighted by Crippen LogP contribution is 2.27. The van der Waals surface area contributed by atoms with Gasteiger partial charge in [-0.3, -0.25) is 4.98 Å². The average molecular weight is 309 g/mol. The second-order valence-electron chi connectivity index (χ2n) is 6.01. The summed E-state index contributed by atoms with van der Waals surface area (Å²) in [6, 6.07) is 16.4. The van der Waals surface area contributed by atoms with Gasteiger partial charge in [-0.15, -0.1) is 0 Å². The van der Waals surface area contributed by atoms with Gasteiger partial charge in [0.25, 0.3) is 0 Å². The van der Waals surface area contributed by atoms with Gasteiger partial charge in [-0.25, -0.2) is 4.79 Å². The first-order chi connectivity index (χ1) is 11.3. The zero-order valence-corrected chi connectivity index (χ0v) is 13.3. The minimum Gasteiger partial charge on any atom is -0.332 e. The van der Waals surface area contributed by atoms with Crippen molar-refractivity contribution in [3.8, 4) is 0 Å². The summed E-state index contributed by atoms with van der Waals surface area (Å²) < 4.78 is 0. The lowest BCUT2D eigenvalue weighted by atomic mass is 9.92. The Bertz CT molecular complexity index is 615. The van der Waals surface area contributed by atoms with E-state index in [1.165, 1.54) is 5.56 Å². The Morgan fingerprint density at radius 1 is 1.09 bits per heavy atom. The van der Waals surface area contributed by atoms with Crippen LogP contribution in [0.3, 0.4) is 0 Å². The highest BCUT2D eigenvalue weighted by atomic mass is 16.2. The first kappa shape index (κ1) is 15.5. The molecule has 2 amide bonds. The predicted octanol–water partition coefficient (Wildman–Crippen LogP) is 3.56. The largest absolute Gasteiger partial charge is 0.332 e. The van der Waals surface area contributed by atoms with Crippen molar-refractivity contribution in [3.05, 3.63) is 66.0 Å². The number of hydrogen-bond acceptors (Lipinski definition) is 2. The molecule has 1 fully saturated rings. The van der Waals surface area contributed by atoms with Gasteiger partial charge < -0.3 is 10.2 Å². The Morgan fingerprint density at radius 3 is 2.70 bits per heavy atom. The van der Waals surface area contributed by atoms with E-state index in [0.29, 0.717) is 12.5 Å². The number of rotatable bonds is 3. The van der Waals surface area contributed by atoms with E-state index < -0.39 is 0 Å². The smallest absolute Gasteiger partial charge is 0.317 e. The van der Waals surface area contributed by atoms with Crippen LogP contribution in [0.15, 0.2) is 54.7 Å². The fourth-order valence-electron chi connectivity index (χ4n) is 3.14. The fourth-order valence-corrected chi connectivity index (χ4v) is 3.14. The normalized spacial score (nSPS) is 18.3. The molecule has 0 bridgehead atoms. The number of amides is 2. The van der Waals surface area contributed by atoms with Gasteiger partial charge in [0.1, 0.15) is 0 Å². The van der Waals surface area contributed by atoms with Crippen LogP contribution >= 0.6 is 0 Å². The van der Waals surface area contributed by atoms with Crippen molar-refractivity contribution in [2.75, 3.05) is 13.1 Å². The van der Waals surface area contributed by atoms with Gasteiger partial charge in [0.15, 0.2) is 0 Å². The van der Waals surface area contributed by atoms with E-state index in [-0.39, 0.29) is 6.03 Å². The van der Waals surface area contributed by atoms with Crippen LogP contribution in [0.25, 0.3) is 0 Å². The van der Waals surface area contributed by atoms with Gasteiger partial charge >= 0.3 is 6.03 Å². The van der Waals surface area contributed by atoms with Gasteiger partial charge in [0.2, 0.25) is 0 Å². The molecule has 0 aliphatic carbocycles. The summed E-state index contributed by atoms with van der Waals surface area (Å²) in [7, 11) is 0. The van der Waals surface area contributed by atoms with Crippen molar-refractivity contribution in [1.29, 1.82) is 0 Å². The number of nitrogens with one attached hydrogen (secondary N) is 1. The second kappa shape index (κ2) is 7.77. The van der Waals surface area contributed by atoms with Crippen molar-refractivity contribution >= 4 is 6.03 Å². The van der Waals surface area contributed by atoms with E-state index >= 15 is 0 Å². The summed E-state index contributed by atoms with van der Waals surface area (Å²) >= 11 is 0. The number of urea groups is 1. The van der Waals surface area contributed by atoms with Gasteiger partial charge in [0, 0.05) is 19.3 Å². The molecule has 3 rings (SSSR count). The molecule has 1 aliphatic rings. The topological polar surface area (TPSA) is 45.2 Å². The molecule has 1 aromatic heterocycles. The van der Waals surface area contributed by atoms with Gasteiger partial charge in [-0.2, -0.15) is 0 Å². The van der Waals surface area contributed by atoms with Gasteiger partial charge in [-0.1, -0.05) is 36.4 Å². The summed E-state index contributed by atoms with van der Waals surface area (Å²) in [4.78, 5) is 18.5. The van der Waals surface area contributed by atoms with E-state index in [2.05, 4.69) is 40.6 Å². The van der Waals surface area contributed by atoms with Crippen LogP contribution in [-0.4, -0.2) is 29.0 Å². The second-order valence-corrected chi connectivity index (χ2v) is 6.01. The number of hydrogen-bond donors (Lipinski definition) is 1. The van der Waals surface area contributed by atoms with Crippen LogP contribution in [0.5, 0.6) is 0 Å². The van der Waals surface area contributed by atoms with Crippen molar-refractivity contribution in [3.63, 3.8) is 0 Å². The zero-order valence-electron chi connectivity index (χ0n) is 13.3. The summed E-state index contributed by atoms with van der Waals surface area (Å²) in [5, 5.41) is 2.98. The molecular weight excluding hydrogens is 286 g/mol. The van der Waals surface area contributed by atoms with Crippen molar-refractivity contribution in [1.82, 2.24) is 15.2 Å². The van der Waals surface area contributed by atoms with E-state index in [1.54, 1.807) is 6.20 Å². The van der Waals surface area contributed by atoms with Crippen LogP contribution in [0.1, 0.15) is 36.4 Å². The first-order valence-corrected chi connectivity index (χ1v) is 8.30. The molecule has 1 aromatic carbocycles. The SMILES string of the molecule is O=C(NCc1ccccn1)N1CCC[C@H](c2ccccc2)CC1. The van der Waals surface area contributed by atoms with Crippen LogP contribution in [0, 0.1) is 0 Å². The molecule has 0 unspecified atom stereocenters. The standard InChI is InChI=1S/C19H23N3O/c23-19(21-15-18-10-4-5-12-20-18)22-13-6-9-17(11-14-22)16-7-2-1-3-8-16/h1-5,7-8,10,12,17H,6,9,11,13-15H2,(H,21,23)/t17-/m0/s1. The molecule has 2 heterocycles. The summed E-state index contributed by atoms with van der Waals surface area (Å²) in [5.74, 6) is 0.560. The third kappa shape index (κ3) is 4.31. The van der Waals surface area contributed by atoms with Crippen molar-refractivity contribution < 1.29 is 4.79 Å². The fraction of sp³-hybridized carbons (Fsp3) is 0.368. The minimum atomic E-state index is 0.0179. The van der Waals surface area contributed by atoms with Crippen LogP contribution in [0.4, 0.5) is 4.79 Å². The first-order valence-electron chi connectivity index (χ1n) is 8.30. The van der Waals surface area contributed by atoms with Gasteiger partial charge in [-0.05, 0) is 42.9 Å². The summed E-state index contributed by atoms with van der Waals surface area (Å²) in [5.41, 5.74) is 2.28. The molecule has 1 atom stereocenters. The Kier molecular flexibility index (Phi) is 5.25. The number of carbonyl (C=O) groups is 1. The van der Waals surface area contributed by atoms with Crippen molar-refractivity contribution in [2.45, 2.75) is 31.7 Å². The highest BCUT2D eigenvalue weighted by Gasteiger charge is 2.21. The molecule has 0 radical (unpaired) electrons. The Labute approximate surface area is 137 Å². The predicted molar refractivity (Wildman–Crippen MR) is 91.1 cm³/mol. The molecule has 0 spiro atoms. The number of carbonyl (C=O) groups excluding carboxylic acids is 1. The van der Waals surface area contributed by atoms with Gasteiger partial charge in [0.05, 0.1) is 12.2 Å². The van der Waals surface area contributed by atoms with Crippen LogP contribution < -0.4 is 5.32 Å². The molecule has 1 saturated heterocycles. The number of benzene rings is 1. The number of nitrogens with zero attached hydrogens (tertiary/aromatic N) is 2. The molecule has 4 nitrogen and oxygen atoms in total. The number of likely N-dealkylation sites (tertiary alicyclic amines) is 1. The lowest BCUT2D eigenvalue weighted by molar-refractivity contribution is 0.199. The van der Waals surface area contributed by atoms with E-state index in [4.69, 9.17) is 0 Å². The summed E-state index contributed by atoms with van der Waals surface area (Å²) in [6.45, 7) is 2.13. The quantitative estimate of drug-likeness (QED) is 0.942. The molecule has 0 saturated carbocycles. The molecular formula is C19H23N3O. The average Bonchev–Trinajstić information content (AvgIpc) is 2.87. The lowest BCUT2D eigenvalue weighted by Crippen LogP contribution is -2.40. The van der Waals surface area contributed by atoms with Crippen LogP contribution in [-0.2, 0) is 6.54 Å². The molecule has 4 heteroatoms. The molecule has 23 heavy (non-hydrogen) atoms. The van der Waals surface area contributed by atoms with E-state index in [9.17, 15) is 4.79 Å².